The number of anilines is 1. The molecule has 1 aliphatic rings. The van der Waals surface area contributed by atoms with E-state index in [9.17, 15) is 4.79 Å². The van der Waals surface area contributed by atoms with Gasteiger partial charge in [-0.25, -0.2) is 14.8 Å². The molecule has 92 valence electrons. The Labute approximate surface area is 99.8 Å². The van der Waals surface area contributed by atoms with Crippen molar-refractivity contribution in [1.82, 2.24) is 9.97 Å². The standard InChI is InChI=1S/C11H16N4O2/c1-2-17-10(16)8-5-13-11(14-6-8)15-4-3-9(12)7-15/h5-6,9H,2-4,7,12H2,1H3/t9-/m1/s1. The Balaban J connectivity index is 2.05. The van der Waals surface area contributed by atoms with Crippen LogP contribution in [0.5, 0.6) is 0 Å². The number of hydrogen-bond donors (Lipinski definition) is 1. The van der Waals surface area contributed by atoms with Crippen molar-refractivity contribution in [3.63, 3.8) is 0 Å². The van der Waals surface area contributed by atoms with Crippen molar-refractivity contribution in [2.75, 3.05) is 24.6 Å². The Kier molecular flexibility index (Phi) is 3.53. The zero-order valence-electron chi connectivity index (χ0n) is 9.80. The molecular weight excluding hydrogens is 220 g/mol. The number of hydrogen-bond acceptors (Lipinski definition) is 6. The van der Waals surface area contributed by atoms with Crippen molar-refractivity contribution in [3.8, 4) is 0 Å². The van der Waals surface area contributed by atoms with E-state index in [4.69, 9.17) is 10.5 Å². The molecule has 1 aliphatic heterocycles. The number of rotatable bonds is 3. The third-order valence-electron chi connectivity index (χ3n) is 2.66. The summed E-state index contributed by atoms with van der Waals surface area (Å²) in [6, 6.07) is 0.184. The summed E-state index contributed by atoms with van der Waals surface area (Å²) >= 11 is 0. The average Bonchev–Trinajstić information content (AvgIpc) is 2.76. The Morgan fingerprint density at radius 1 is 1.59 bits per heavy atom. The van der Waals surface area contributed by atoms with E-state index in [1.165, 1.54) is 12.4 Å². The van der Waals surface area contributed by atoms with Gasteiger partial charge in [-0.05, 0) is 13.3 Å². The van der Waals surface area contributed by atoms with Gasteiger partial charge in [-0.2, -0.15) is 0 Å². The lowest BCUT2D eigenvalue weighted by atomic mass is 10.3. The molecule has 1 fully saturated rings. The minimum absolute atomic E-state index is 0.184. The first-order valence-corrected chi connectivity index (χ1v) is 5.70. The monoisotopic (exact) mass is 236 g/mol. The van der Waals surface area contributed by atoms with Crippen molar-refractivity contribution in [2.24, 2.45) is 5.73 Å². The van der Waals surface area contributed by atoms with E-state index in [1.54, 1.807) is 6.92 Å². The fraction of sp³-hybridized carbons (Fsp3) is 0.545. The second-order valence-electron chi connectivity index (χ2n) is 3.99. The fourth-order valence-corrected chi connectivity index (χ4v) is 1.77. The molecule has 1 aromatic rings. The summed E-state index contributed by atoms with van der Waals surface area (Å²) in [5.74, 6) is 0.225. The number of nitrogens with zero attached hydrogens (tertiary/aromatic N) is 3. The van der Waals surface area contributed by atoms with Crippen molar-refractivity contribution >= 4 is 11.9 Å². The molecule has 2 N–H and O–H groups in total. The number of esters is 1. The Bertz CT molecular complexity index is 393. The number of ether oxygens (including phenoxy) is 1. The molecular formula is C11H16N4O2. The molecule has 2 heterocycles. The van der Waals surface area contributed by atoms with Crippen LogP contribution in [0.3, 0.4) is 0 Å². The molecule has 0 amide bonds. The zero-order valence-corrected chi connectivity index (χ0v) is 9.80. The summed E-state index contributed by atoms with van der Waals surface area (Å²) in [4.78, 5) is 21.7. The highest BCUT2D eigenvalue weighted by Crippen LogP contribution is 2.14. The molecule has 0 aromatic carbocycles. The summed E-state index contributed by atoms with van der Waals surface area (Å²) < 4.78 is 4.86. The fourth-order valence-electron chi connectivity index (χ4n) is 1.77. The molecule has 1 aromatic heterocycles. The number of nitrogens with two attached hydrogens (primary N) is 1. The Morgan fingerprint density at radius 2 is 2.29 bits per heavy atom. The molecule has 6 nitrogen and oxygen atoms in total. The van der Waals surface area contributed by atoms with Gasteiger partial charge in [-0.1, -0.05) is 0 Å². The van der Waals surface area contributed by atoms with Gasteiger partial charge in [0.25, 0.3) is 0 Å². The molecule has 0 bridgehead atoms. The molecule has 0 spiro atoms. The zero-order chi connectivity index (χ0) is 12.3. The molecule has 2 rings (SSSR count). The smallest absolute Gasteiger partial charge is 0.341 e. The van der Waals surface area contributed by atoms with Crippen LogP contribution in [-0.2, 0) is 4.74 Å². The lowest BCUT2D eigenvalue weighted by molar-refractivity contribution is 0.0525. The SMILES string of the molecule is CCOC(=O)c1cnc(N2CC[C@@H](N)C2)nc1. The summed E-state index contributed by atoms with van der Waals surface area (Å²) in [7, 11) is 0. The van der Waals surface area contributed by atoms with Crippen molar-refractivity contribution in [3.05, 3.63) is 18.0 Å². The van der Waals surface area contributed by atoms with Crippen LogP contribution >= 0.6 is 0 Å². The average molecular weight is 236 g/mol. The number of aromatic nitrogens is 2. The summed E-state index contributed by atoms with van der Waals surface area (Å²) in [6.07, 6.45) is 3.93. The molecule has 0 radical (unpaired) electrons. The Morgan fingerprint density at radius 3 is 2.82 bits per heavy atom. The minimum atomic E-state index is -0.392. The first-order valence-electron chi connectivity index (χ1n) is 5.70. The molecule has 0 unspecified atom stereocenters. The van der Waals surface area contributed by atoms with Gasteiger partial charge >= 0.3 is 5.97 Å². The third kappa shape index (κ3) is 2.71. The lowest BCUT2D eigenvalue weighted by Gasteiger charge is -2.14. The highest BCUT2D eigenvalue weighted by molar-refractivity contribution is 5.88. The molecule has 17 heavy (non-hydrogen) atoms. The van der Waals surface area contributed by atoms with E-state index in [-0.39, 0.29) is 6.04 Å². The van der Waals surface area contributed by atoms with Gasteiger partial charge in [0.1, 0.15) is 0 Å². The number of carbonyl (C=O) groups is 1. The van der Waals surface area contributed by atoms with E-state index in [0.29, 0.717) is 18.1 Å². The van der Waals surface area contributed by atoms with Crippen LogP contribution in [-0.4, -0.2) is 41.7 Å². The van der Waals surface area contributed by atoms with Crippen molar-refractivity contribution in [2.45, 2.75) is 19.4 Å². The summed E-state index contributed by atoms with van der Waals surface area (Å²) in [6.45, 7) is 3.74. The van der Waals surface area contributed by atoms with Crippen LogP contribution in [0.15, 0.2) is 12.4 Å². The van der Waals surface area contributed by atoms with Crippen LogP contribution < -0.4 is 10.6 Å². The van der Waals surface area contributed by atoms with Crippen LogP contribution in [0.4, 0.5) is 5.95 Å². The predicted octanol–water partition coefficient (Wildman–Crippen LogP) is 0.191. The van der Waals surface area contributed by atoms with Gasteiger partial charge in [-0.3, -0.25) is 0 Å². The van der Waals surface area contributed by atoms with Gasteiger partial charge in [0.15, 0.2) is 0 Å². The second kappa shape index (κ2) is 5.09. The van der Waals surface area contributed by atoms with Gasteiger partial charge in [0.2, 0.25) is 5.95 Å². The maximum absolute atomic E-state index is 11.4. The highest BCUT2D eigenvalue weighted by Gasteiger charge is 2.21. The van der Waals surface area contributed by atoms with E-state index >= 15 is 0 Å². The quantitative estimate of drug-likeness (QED) is 0.754. The van der Waals surface area contributed by atoms with Gasteiger partial charge in [-0.15, -0.1) is 0 Å². The number of carbonyl (C=O) groups excluding carboxylic acids is 1. The molecule has 6 heteroatoms. The molecule has 0 saturated carbocycles. The van der Waals surface area contributed by atoms with E-state index in [2.05, 4.69) is 9.97 Å². The van der Waals surface area contributed by atoms with E-state index in [0.717, 1.165) is 19.5 Å². The first-order chi connectivity index (χ1) is 8.20. The first kappa shape index (κ1) is 11.8. The maximum atomic E-state index is 11.4. The predicted molar refractivity (Wildman–Crippen MR) is 62.8 cm³/mol. The largest absolute Gasteiger partial charge is 0.462 e. The topological polar surface area (TPSA) is 81.3 Å². The molecule has 0 aliphatic carbocycles. The van der Waals surface area contributed by atoms with Gasteiger partial charge < -0.3 is 15.4 Å². The molecule has 1 saturated heterocycles. The molecule has 1 atom stereocenters. The highest BCUT2D eigenvalue weighted by atomic mass is 16.5. The van der Waals surface area contributed by atoms with Crippen molar-refractivity contribution < 1.29 is 9.53 Å². The summed E-state index contributed by atoms with van der Waals surface area (Å²) in [5, 5.41) is 0. The van der Waals surface area contributed by atoms with E-state index < -0.39 is 5.97 Å². The minimum Gasteiger partial charge on any atom is -0.462 e. The van der Waals surface area contributed by atoms with Crippen LogP contribution in [0.25, 0.3) is 0 Å². The Hall–Kier alpha value is -1.69. The van der Waals surface area contributed by atoms with Crippen LogP contribution in [0.2, 0.25) is 0 Å². The van der Waals surface area contributed by atoms with Crippen LogP contribution in [0.1, 0.15) is 23.7 Å². The van der Waals surface area contributed by atoms with Crippen molar-refractivity contribution in [1.29, 1.82) is 0 Å². The lowest BCUT2D eigenvalue weighted by Crippen LogP contribution is -2.27. The maximum Gasteiger partial charge on any atom is 0.341 e. The van der Waals surface area contributed by atoms with Crippen LogP contribution in [0, 0.1) is 0 Å². The van der Waals surface area contributed by atoms with Gasteiger partial charge in [0, 0.05) is 31.5 Å². The third-order valence-corrected chi connectivity index (χ3v) is 2.66. The normalized spacial score (nSPS) is 19.4. The van der Waals surface area contributed by atoms with E-state index in [1.807, 2.05) is 4.90 Å². The summed E-state index contributed by atoms with van der Waals surface area (Å²) in [5.41, 5.74) is 6.18. The van der Waals surface area contributed by atoms with Gasteiger partial charge in [0.05, 0.1) is 12.2 Å². The second-order valence-corrected chi connectivity index (χ2v) is 3.99.